The molecular formula is C13H14N4OS. The summed E-state index contributed by atoms with van der Waals surface area (Å²) in [6, 6.07) is 3.94. The summed E-state index contributed by atoms with van der Waals surface area (Å²) in [5, 5.41) is 8.61. The molecule has 1 N–H and O–H groups in total. The van der Waals surface area contributed by atoms with E-state index < -0.39 is 0 Å². The van der Waals surface area contributed by atoms with Crippen LogP contribution >= 0.6 is 11.3 Å². The van der Waals surface area contributed by atoms with Gasteiger partial charge in [-0.2, -0.15) is 5.10 Å². The van der Waals surface area contributed by atoms with Crippen molar-refractivity contribution in [1.29, 1.82) is 0 Å². The molecule has 19 heavy (non-hydrogen) atoms. The van der Waals surface area contributed by atoms with E-state index >= 15 is 0 Å². The Hall–Kier alpha value is -2.08. The fraction of sp³-hybridized carbons (Fsp3) is 0.231. The Morgan fingerprint density at radius 3 is 3.00 bits per heavy atom. The van der Waals surface area contributed by atoms with E-state index in [1.807, 2.05) is 32.3 Å². The standard InChI is InChI=1S/C13H14N4OS/c1-9-12(11-3-5-17(2)16-11)19-13(15-9)14-7-10-4-6-18-8-10/h3-6,8H,7H2,1-2H3,(H,14,15). The molecule has 0 spiro atoms. The summed E-state index contributed by atoms with van der Waals surface area (Å²) in [6.07, 6.45) is 5.34. The van der Waals surface area contributed by atoms with E-state index in [1.54, 1.807) is 28.5 Å². The quantitative estimate of drug-likeness (QED) is 0.794. The van der Waals surface area contributed by atoms with Gasteiger partial charge in [0.15, 0.2) is 5.13 Å². The molecule has 0 saturated carbocycles. The number of hydrogen-bond donors (Lipinski definition) is 1. The summed E-state index contributed by atoms with van der Waals surface area (Å²) in [7, 11) is 1.91. The average Bonchev–Trinajstić information content (AvgIpc) is 3.07. The number of nitrogens with one attached hydrogen (secondary N) is 1. The highest BCUT2D eigenvalue weighted by Crippen LogP contribution is 2.31. The molecule has 0 amide bonds. The third kappa shape index (κ3) is 2.53. The minimum absolute atomic E-state index is 0.713. The molecule has 3 heterocycles. The maximum Gasteiger partial charge on any atom is 0.183 e. The number of rotatable bonds is 4. The van der Waals surface area contributed by atoms with Crippen LogP contribution in [-0.2, 0) is 13.6 Å². The lowest BCUT2D eigenvalue weighted by atomic mass is 10.3. The zero-order valence-electron chi connectivity index (χ0n) is 10.8. The molecular weight excluding hydrogens is 260 g/mol. The Bertz CT molecular complexity index is 669. The topological polar surface area (TPSA) is 55.9 Å². The smallest absolute Gasteiger partial charge is 0.183 e. The van der Waals surface area contributed by atoms with E-state index in [-0.39, 0.29) is 0 Å². The van der Waals surface area contributed by atoms with Crippen LogP contribution in [0.4, 0.5) is 5.13 Å². The molecule has 98 valence electrons. The molecule has 0 atom stereocenters. The van der Waals surface area contributed by atoms with Gasteiger partial charge in [0, 0.05) is 25.4 Å². The predicted molar refractivity (Wildman–Crippen MR) is 75.1 cm³/mol. The van der Waals surface area contributed by atoms with Crippen LogP contribution in [0.2, 0.25) is 0 Å². The largest absolute Gasteiger partial charge is 0.472 e. The molecule has 3 aromatic rings. The van der Waals surface area contributed by atoms with E-state index in [2.05, 4.69) is 15.4 Å². The second-order valence-corrected chi connectivity index (χ2v) is 5.29. The molecule has 0 aliphatic rings. The first-order valence-electron chi connectivity index (χ1n) is 5.95. The third-order valence-corrected chi connectivity index (χ3v) is 3.90. The zero-order valence-corrected chi connectivity index (χ0v) is 11.6. The van der Waals surface area contributed by atoms with Crippen molar-refractivity contribution >= 4 is 16.5 Å². The summed E-state index contributed by atoms with van der Waals surface area (Å²) < 4.78 is 6.83. The monoisotopic (exact) mass is 274 g/mol. The lowest BCUT2D eigenvalue weighted by molar-refractivity contribution is 0.564. The Kier molecular flexibility index (Phi) is 3.08. The van der Waals surface area contributed by atoms with Crippen molar-refractivity contribution in [3.05, 3.63) is 42.1 Å². The molecule has 3 rings (SSSR count). The molecule has 3 aromatic heterocycles. The van der Waals surface area contributed by atoms with Crippen molar-refractivity contribution in [2.45, 2.75) is 13.5 Å². The summed E-state index contributed by atoms with van der Waals surface area (Å²) in [5.74, 6) is 0. The van der Waals surface area contributed by atoms with Gasteiger partial charge in [-0.25, -0.2) is 4.98 Å². The fourth-order valence-electron chi connectivity index (χ4n) is 1.82. The molecule has 0 aromatic carbocycles. The normalized spacial score (nSPS) is 10.8. The van der Waals surface area contributed by atoms with Gasteiger partial charge in [-0.1, -0.05) is 11.3 Å². The Morgan fingerprint density at radius 2 is 2.32 bits per heavy atom. The fourth-order valence-corrected chi connectivity index (χ4v) is 2.74. The Labute approximate surface area is 114 Å². The number of anilines is 1. The van der Waals surface area contributed by atoms with Crippen molar-refractivity contribution < 1.29 is 4.42 Å². The molecule has 5 nitrogen and oxygen atoms in total. The van der Waals surface area contributed by atoms with Crippen molar-refractivity contribution in [1.82, 2.24) is 14.8 Å². The number of thiazole rings is 1. The van der Waals surface area contributed by atoms with Crippen molar-refractivity contribution in [3.63, 3.8) is 0 Å². The van der Waals surface area contributed by atoms with Crippen LogP contribution in [0.15, 0.2) is 35.3 Å². The van der Waals surface area contributed by atoms with E-state index in [0.717, 1.165) is 27.0 Å². The maximum atomic E-state index is 5.03. The highest BCUT2D eigenvalue weighted by molar-refractivity contribution is 7.19. The molecule has 0 unspecified atom stereocenters. The number of furan rings is 1. The van der Waals surface area contributed by atoms with Crippen LogP contribution in [-0.4, -0.2) is 14.8 Å². The first kappa shape index (κ1) is 12.0. The number of aromatic nitrogens is 3. The molecule has 0 fully saturated rings. The number of nitrogens with zero attached hydrogens (tertiary/aromatic N) is 3. The second kappa shape index (κ2) is 4.89. The van der Waals surface area contributed by atoms with Crippen LogP contribution in [0.3, 0.4) is 0 Å². The van der Waals surface area contributed by atoms with Crippen LogP contribution in [0.25, 0.3) is 10.6 Å². The molecule has 0 aliphatic carbocycles. The Morgan fingerprint density at radius 1 is 1.42 bits per heavy atom. The van der Waals surface area contributed by atoms with Gasteiger partial charge >= 0.3 is 0 Å². The summed E-state index contributed by atoms with van der Waals surface area (Å²) in [5.41, 5.74) is 3.07. The lowest BCUT2D eigenvalue weighted by Crippen LogP contribution is -1.97. The molecule has 0 saturated heterocycles. The van der Waals surface area contributed by atoms with Gasteiger partial charge in [-0.05, 0) is 19.1 Å². The van der Waals surface area contributed by atoms with Gasteiger partial charge < -0.3 is 9.73 Å². The molecule has 0 bridgehead atoms. The Balaban J connectivity index is 1.77. The number of hydrogen-bond acceptors (Lipinski definition) is 5. The first-order chi connectivity index (χ1) is 9.22. The van der Waals surface area contributed by atoms with Gasteiger partial charge in [-0.15, -0.1) is 0 Å². The van der Waals surface area contributed by atoms with Crippen LogP contribution in [0.5, 0.6) is 0 Å². The van der Waals surface area contributed by atoms with Gasteiger partial charge in [0.05, 0.1) is 23.1 Å². The van der Waals surface area contributed by atoms with Crippen LogP contribution < -0.4 is 5.32 Å². The van der Waals surface area contributed by atoms with Crippen molar-refractivity contribution in [2.75, 3.05) is 5.32 Å². The summed E-state index contributed by atoms with van der Waals surface area (Å²) in [4.78, 5) is 5.63. The van der Waals surface area contributed by atoms with Gasteiger partial charge in [0.2, 0.25) is 0 Å². The maximum absolute atomic E-state index is 5.03. The highest BCUT2D eigenvalue weighted by Gasteiger charge is 2.11. The van der Waals surface area contributed by atoms with Crippen LogP contribution in [0.1, 0.15) is 11.3 Å². The first-order valence-corrected chi connectivity index (χ1v) is 6.76. The molecule has 6 heteroatoms. The summed E-state index contributed by atoms with van der Waals surface area (Å²) in [6.45, 7) is 2.72. The highest BCUT2D eigenvalue weighted by atomic mass is 32.1. The van der Waals surface area contributed by atoms with Crippen LogP contribution in [0, 0.1) is 6.92 Å². The van der Waals surface area contributed by atoms with E-state index in [1.165, 1.54) is 0 Å². The summed E-state index contributed by atoms with van der Waals surface area (Å²) >= 11 is 1.62. The van der Waals surface area contributed by atoms with Gasteiger partial charge in [0.1, 0.15) is 5.69 Å². The minimum Gasteiger partial charge on any atom is -0.472 e. The average molecular weight is 274 g/mol. The van der Waals surface area contributed by atoms with Gasteiger partial charge in [0.25, 0.3) is 0 Å². The SMILES string of the molecule is Cc1nc(NCc2ccoc2)sc1-c1ccn(C)n1. The van der Waals surface area contributed by atoms with Gasteiger partial charge in [-0.3, -0.25) is 4.68 Å². The van der Waals surface area contributed by atoms with E-state index in [9.17, 15) is 0 Å². The predicted octanol–water partition coefficient (Wildman–Crippen LogP) is 3.06. The minimum atomic E-state index is 0.713. The third-order valence-electron chi connectivity index (χ3n) is 2.77. The lowest BCUT2D eigenvalue weighted by Gasteiger charge is -1.97. The van der Waals surface area contributed by atoms with Crippen molar-refractivity contribution in [2.24, 2.45) is 7.05 Å². The number of aryl methyl sites for hydroxylation is 2. The van der Waals surface area contributed by atoms with E-state index in [4.69, 9.17) is 4.42 Å². The second-order valence-electron chi connectivity index (χ2n) is 4.29. The molecule has 0 aliphatic heterocycles. The van der Waals surface area contributed by atoms with E-state index in [0.29, 0.717) is 6.54 Å². The molecule has 0 radical (unpaired) electrons. The zero-order chi connectivity index (χ0) is 13.2. The van der Waals surface area contributed by atoms with Crippen molar-refractivity contribution in [3.8, 4) is 10.6 Å².